The Morgan fingerprint density at radius 3 is 2.56 bits per heavy atom. The minimum absolute atomic E-state index is 1.05. The molecule has 0 N–H and O–H groups in total. The summed E-state index contributed by atoms with van der Waals surface area (Å²) in [7, 11) is 0. The van der Waals surface area contributed by atoms with Gasteiger partial charge < -0.3 is 4.90 Å². The van der Waals surface area contributed by atoms with Gasteiger partial charge in [-0.05, 0) is 25.8 Å². The fourth-order valence-corrected chi connectivity index (χ4v) is 2.73. The number of aryl methyl sites for hydroxylation is 1. The first-order valence-electron chi connectivity index (χ1n) is 6.90. The van der Waals surface area contributed by atoms with E-state index in [1.807, 2.05) is 23.8 Å². The first-order valence-corrected chi connectivity index (χ1v) is 6.90. The van der Waals surface area contributed by atoms with E-state index in [0.717, 1.165) is 30.1 Å². The minimum atomic E-state index is 1.05. The molecule has 1 fully saturated rings. The molecule has 0 saturated carbocycles. The highest BCUT2D eigenvalue weighted by Crippen LogP contribution is 2.22. The van der Waals surface area contributed by atoms with Crippen molar-refractivity contribution >= 4 is 11.3 Å². The average molecular weight is 244 g/mol. The van der Waals surface area contributed by atoms with Gasteiger partial charge in [0, 0.05) is 25.5 Å². The lowest BCUT2D eigenvalue weighted by Gasteiger charge is -2.26. The van der Waals surface area contributed by atoms with Crippen LogP contribution >= 0.6 is 0 Å². The Morgan fingerprint density at radius 1 is 1.06 bits per heavy atom. The molecule has 1 aliphatic heterocycles. The van der Waals surface area contributed by atoms with Gasteiger partial charge in [-0.25, -0.2) is 9.50 Å². The molecule has 18 heavy (non-hydrogen) atoms. The highest BCUT2D eigenvalue weighted by atomic mass is 15.3. The molecule has 0 aromatic carbocycles. The molecule has 0 atom stereocenters. The van der Waals surface area contributed by atoms with Crippen molar-refractivity contribution in [3.63, 3.8) is 0 Å². The summed E-state index contributed by atoms with van der Waals surface area (Å²) in [6.45, 7) is 4.28. The number of nitrogens with zero attached hydrogens (tertiary/aromatic N) is 4. The maximum atomic E-state index is 4.58. The third kappa shape index (κ3) is 2.19. The van der Waals surface area contributed by atoms with Gasteiger partial charge in [-0.1, -0.05) is 19.3 Å². The van der Waals surface area contributed by atoms with Crippen molar-refractivity contribution in [2.45, 2.75) is 39.0 Å². The van der Waals surface area contributed by atoms with Crippen molar-refractivity contribution in [2.75, 3.05) is 18.0 Å². The van der Waals surface area contributed by atoms with E-state index >= 15 is 0 Å². The number of hydrogen-bond donors (Lipinski definition) is 0. The van der Waals surface area contributed by atoms with Gasteiger partial charge in [-0.15, -0.1) is 0 Å². The highest BCUT2D eigenvalue weighted by molar-refractivity contribution is 5.69. The van der Waals surface area contributed by atoms with Crippen LogP contribution in [0.2, 0.25) is 0 Å². The van der Waals surface area contributed by atoms with Gasteiger partial charge in [0.1, 0.15) is 5.52 Å². The van der Waals surface area contributed by atoms with Crippen LogP contribution in [0.25, 0.3) is 5.52 Å². The van der Waals surface area contributed by atoms with Crippen molar-refractivity contribution < 1.29 is 0 Å². The van der Waals surface area contributed by atoms with E-state index < -0.39 is 0 Å². The average Bonchev–Trinajstić information content (AvgIpc) is 2.69. The van der Waals surface area contributed by atoms with Crippen LogP contribution in [0.3, 0.4) is 0 Å². The number of aromatic nitrogens is 3. The maximum absolute atomic E-state index is 4.58. The number of fused-ring (bicyclic) bond motifs is 1. The van der Waals surface area contributed by atoms with Crippen molar-refractivity contribution in [2.24, 2.45) is 0 Å². The summed E-state index contributed by atoms with van der Waals surface area (Å²) >= 11 is 0. The van der Waals surface area contributed by atoms with Crippen LogP contribution in [0.15, 0.2) is 18.5 Å². The topological polar surface area (TPSA) is 33.4 Å². The molecule has 0 aliphatic carbocycles. The molecule has 0 bridgehead atoms. The van der Waals surface area contributed by atoms with Gasteiger partial charge in [0.2, 0.25) is 0 Å². The molecule has 0 amide bonds. The van der Waals surface area contributed by atoms with E-state index in [-0.39, 0.29) is 0 Å². The molecular formula is C14H20N4. The van der Waals surface area contributed by atoms with Crippen LogP contribution in [-0.4, -0.2) is 27.7 Å². The molecule has 0 spiro atoms. The summed E-state index contributed by atoms with van der Waals surface area (Å²) < 4.78 is 1.94. The SMILES string of the molecule is Cc1cc2c(N3CCCCCCC3)nccn2n1. The van der Waals surface area contributed by atoms with E-state index in [4.69, 9.17) is 0 Å². The largest absolute Gasteiger partial charge is 0.355 e. The maximum Gasteiger partial charge on any atom is 0.154 e. The third-order valence-corrected chi connectivity index (χ3v) is 3.65. The number of anilines is 1. The summed E-state index contributed by atoms with van der Waals surface area (Å²) in [6, 6.07) is 2.13. The van der Waals surface area contributed by atoms with E-state index in [0.29, 0.717) is 0 Å². The van der Waals surface area contributed by atoms with Gasteiger partial charge in [0.25, 0.3) is 0 Å². The second-order valence-electron chi connectivity index (χ2n) is 5.12. The lowest BCUT2D eigenvalue weighted by atomic mass is 10.1. The Balaban J connectivity index is 1.96. The Labute approximate surface area is 108 Å². The standard InChI is InChI=1S/C14H20N4/c1-12-11-13-14(15-7-10-18(13)16-12)17-8-5-3-2-4-6-9-17/h7,10-11H,2-6,8-9H2,1H3. The van der Waals surface area contributed by atoms with Crippen LogP contribution in [-0.2, 0) is 0 Å². The third-order valence-electron chi connectivity index (χ3n) is 3.65. The van der Waals surface area contributed by atoms with E-state index in [1.165, 1.54) is 32.1 Å². The second kappa shape index (κ2) is 4.96. The van der Waals surface area contributed by atoms with Crippen LogP contribution in [0.1, 0.15) is 37.8 Å². The van der Waals surface area contributed by atoms with Crippen LogP contribution in [0.4, 0.5) is 5.82 Å². The Morgan fingerprint density at radius 2 is 1.78 bits per heavy atom. The zero-order valence-electron chi connectivity index (χ0n) is 11.0. The molecule has 0 radical (unpaired) electrons. The van der Waals surface area contributed by atoms with Crippen LogP contribution in [0, 0.1) is 6.92 Å². The Kier molecular flexibility index (Phi) is 3.17. The van der Waals surface area contributed by atoms with E-state index in [9.17, 15) is 0 Å². The van der Waals surface area contributed by atoms with Gasteiger partial charge in [0.15, 0.2) is 5.82 Å². The fourth-order valence-electron chi connectivity index (χ4n) is 2.73. The normalized spacial score (nSPS) is 17.7. The second-order valence-corrected chi connectivity index (χ2v) is 5.12. The molecule has 2 aromatic heterocycles. The van der Waals surface area contributed by atoms with Crippen LogP contribution < -0.4 is 4.90 Å². The van der Waals surface area contributed by atoms with Crippen LogP contribution in [0.5, 0.6) is 0 Å². The molecule has 3 heterocycles. The van der Waals surface area contributed by atoms with Crippen molar-refractivity contribution in [3.05, 3.63) is 24.2 Å². The Bertz CT molecular complexity index is 524. The van der Waals surface area contributed by atoms with Gasteiger partial charge in [-0.3, -0.25) is 0 Å². The lowest BCUT2D eigenvalue weighted by molar-refractivity contribution is 0.554. The summed E-state index contributed by atoms with van der Waals surface area (Å²) in [4.78, 5) is 7.01. The van der Waals surface area contributed by atoms with E-state index in [1.54, 1.807) is 0 Å². The quantitative estimate of drug-likeness (QED) is 0.773. The summed E-state index contributed by atoms with van der Waals surface area (Å²) in [6.07, 6.45) is 10.4. The monoisotopic (exact) mass is 244 g/mol. The first kappa shape index (κ1) is 11.5. The van der Waals surface area contributed by atoms with Gasteiger partial charge in [-0.2, -0.15) is 5.10 Å². The summed E-state index contributed by atoms with van der Waals surface area (Å²) in [5.41, 5.74) is 2.19. The molecular weight excluding hydrogens is 224 g/mol. The molecule has 1 aliphatic rings. The lowest BCUT2D eigenvalue weighted by Crippen LogP contribution is -2.28. The minimum Gasteiger partial charge on any atom is -0.355 e. The molecule has 3 rings (SSSR count). The predicted octanol–water partition coefficient (Wildman–Crippen LogP) is 2.81. The zero-order valence-corrected chi connectivity index (χ0v) is 11.0. The number of hydrogen-bond acceptors (Lipinski definition) is 3. The van der Waals surface area contributed by atoms with E-state index in [2.05, 4.69) is 21.0 Å². The molecule has 1 saturated heterocycles. The highest BCUT2D eigenvalue weighted by Gasteiger charge is 2.14. The molecule has 2 aromatic rings. The zero-order chi connectivity index (χ0) is 12.4. The van der Waals surface area contributed by atoms with Crippen molar-refractivity contribution in [3.8, 4) is 0 Å². The molecule has 0 unspecified atom stereocenters. The summed E-state index contributed by atoms with van der Waals surface area (Å²) in [5.74, 6) is 1.10. The first-order chi connectivity index (χ1) is 8.84. The van der Waals surface area contributed by atoms with Gasteiger partial charge >= 0.3 is 0 Å². The molecule has 4 nitrogen and oxygen atoms in total. The smallest absolute Gasteiger partial charge is 0.154 e. The summed E-state index contributed by atoms with van der Waals surface area (Å²) in [5, 5.41) is 4.46. The molecule has 96 valence electrons. The van der Waals surface area contributed by atoms with Gasteiger partial charge in [0.05, 0.1) is 5.69 Å². The number of rotatable bonds is 1. The van der Waals surface area contributed by atoms with Crippen molar-refractivity contribution in [1.29, 1.82) is 0 Å². The Hall–Kier alpha value is -1.58. The van der Waals surface area contributed by atoms with Crippen molar-refractivity contribution in [1.82, 2.24) is 14.6 Å². The predicted molar refractivity (Wildman–Crippen MR) is 73.0 cm³/mol. The molecule has 4 heteroatoms. The fraction of sp³-hybridized carbons (Fsp3) is 0.571.